The van der Waals surface area contributed by atoms with Gasteiger partial charge in [0.05, 0.1) is 21.3 Å². The molecule has 0 radical (unpaired) electrons. The Morgan fingerprint density at radius 1 is 1.00 bits per heavy atom. The van der Waals surface area contributed by atoms with Gasteiger partial charge in [-0.1, -0.05) is 0 Å². The standard InChI is InChI=1S/C18H21NO5/c1-10-11(2)17(20)19(3)9-13(10)12-7-14(22-4)16(18(21)24-6)15(8-12)23-5/h7-9H,1-6H3. The van der Waals surface area contributed by atoms with Crippen LogP contribution in [0.5, 0.6) is 11.5 Å². The largest absolute Gasteiger partial charge is 0.496 e. The molecule has 2 rings (SSSR count). The van der Waals surface area contributed by atoms with Crippen molar-refractivity contribution in [1.29, 1.82) is 0 Å². The summed E-state index contributed by atoms with van der Waals surface area (Å²) in [4.78, 5) is 24.1. The number of carbonyl (C=O) groups is 1. The second-order valence-corrected chi connectivity index (χ2v) is 5.46. The normalized spacial score (nSPS) is 10.4. The molecule has 0 saturated carbocycles. The molecule has 0 fully saturated rings. The van der Waals surface area contributed by atoms with Crippen LogP contribution in [0.2, 0.25) is 0 Å². The topological polar surface area (TPSA) is 66.8 Å². The van der Waals surface area contributed by atoms with Gasteiger partial charge >= 0.3 is 5.97 Å². The molecular weight excluding hydrogens is 310 g/mol. The number of hydrogen-bond donors (Lipinski definition) is 0. The average Bonchev–Trinajstić information content (AvgIpc) is 2.60. The molecule has 0 amide bonds. The highest BCUT2D eigenvalue weighted by atomic mass is 16.5. The maximum absolute atomic E-state index is 12.1. The van der Waals surface area contributed by atoms with Gasteiger partial charge in [0.25, 0.3) is 5.56 Å². The number of methoxy groups -OCH3 is 3. The van der Waals surface area contributed by atoms with E-state index in [1.54, 1.807) is 32.3 Å². The fraction of sp³-hybridized carbons (Fsp3) is 0.333. The zero-order valence-electron chi connectivity index (χ0n) is 14.7. The fourth-order valence-electron chi connectivity index (χ4n) is 2.64. The van der Waals surface area contributed by atoms with Crippen molar-refractivity contribution in [2.24, 2.45) is 7.05 Å². The number of hydrogen-bond acceptors (Lipinski definition) is 5. The van der Waals surface area contributed by atoms with Crippen molar-refractivity contribution in [3.8, 4) is 22.6 Å². The van der Waals surface area contributed by atoms with E-state index in [0.717, 1.165) is 16.7 Å². The lowest BCUT2D eigenvalue weighted by molar-refractivity contribution is 0.0593. The summed E-state index contributed by atoms with van der Waals surface area (Å²) in [7, 11) is 5.96. The molecular formula is C18H21NO5. The number of rotatable bonds is 4. The Balaban J connectivity index is 2.78. The molecule has 0 N–H and O–H groups in total. The number of pyridine rings is 1. The number of aryl methyl sites for hydroxylation is 1. The third-order valence-corrected chi connectivity index (χ3v) is 4.14. The number of esters is 1. The Hall–Kier alpha value is -2.76. The van der Waals surface area contributed by atoms with Crippen LogP contribution in [0, 0.1) is 13.8 Å². The minimum atomic E-state index is -0.538. The van der Waals surface area contributed by atoms with E-state index in [2.05, 4.69) is 0 Å². The van der Waals surface area contributed by atoms with Gasteiger partial charge in [0, 0.05) is 24.4 Å². The lowest BCUT2D eigenvalue weighted by atomic mass is 9.97. The first-order chi connectivity index (χ1) is 11.3. The third-order valence-electron chi connectivity index (χ3n) is 4.14. The fourth-order valence-corrected chi connectivity index (χ4v) is 2.64. The van der Waals surface area contributed by atoms with Gasteiger partial charge in [0.1, 0.15) is 17.1 Å². The second-order valence-electron chi connectivity index (χ2n) is 5.46. The van der Waals surface area contributed by atoms with Crippen LogP contribution in [0.4, 0.5) is 0 Å². The molecule has 1 aromatic carbocycles. The van der Waals surface area contributed by atoms with Crippen LogP contribution in [0.25, 0.3) is 11.1 Å². The summed E-state index contributed by atoms with van der Waals surface area (Å²) >= 11 is 0. The van der Waals surface area contributed by atoms with Gasteiger partial charge in [-0.2, -0.15) is 0 Å². The van der Waals surface area contributed by atoms with Gasteiger partial charge in [-0.05, 0) is 37.1 Å². The Morgan fingerprint density at radius 3 is 2.00 bits per heavy atom. The number of nitrogens with zero attached hydrogens (tertiary/aromatic N) is 1. The molecule has 2 aromatic rings. The summed E-state index contributed by atoms with van der Waals surface area (Å²) in [6, 6.07) is 3.47. The summed E-state index contributed by atoms with van der Waals surface area (Å²) in [6.07, 6.45) is 1.76. The van der Waals surface area contributed by atoms with E-state index < -0.39 is 5.97 Å². The van der Waals surface area contributed by atoms with E-state index in [1.807, 2.05) is 6.92 Å². The van der Waals surface area contributed by atoms with E-state index in [4.69, 9.17) is 14.2 Å². The Morgan fingerprint density at radius 2 is 1.54 bits per heavy atom. The van der Waals surface area contributed by atoms with Gasteiger partial charge < -0.3 is 18.8 Å². The minimum Gasteiger partial charge on any atom is -0.496 e. The van der Waals surface area contributed by atoms with Gasteiger partial charge in [0.2, 0.25) is 0 Å². The number of benzene rings is 1. The summed E-state index contributed by atoms with van der Waals surface area (Å²) in [5, 5.41) is 0. The summed E-state index contributed by atoms with van der Waals surface area (Å²) < 4.78 is 17.0. The van der Waals surface area contributed by atoms with Crippen LogP contribution < -0.4 is 15.0 Å². The van der Waals surface area contributed by atoms with Crippen molar-refractivity contribution in [3.05, 3.63) is 45.4 Å². The van der Waals surface area contributed by atoms with Gasteiger partial charge in [-0.15, -0.1) is 0 Å². The number of carbonyl (C=O) groups excluding carboxylic acids is 1. The molecule has 0 aliphatic carbocycles. The Kier molecular flexibility index (Phi) is 4.97. The van der Waals surface area contributed by atoms with E-state index in [9.17, 15) is 9.59 Å². The molecule has 0 atom stereocenters. The van der Waals surface area contributed by atoms with Crippen LogP contribution in [0.3, 0.4) is 0 Å². The first-order valence-corrected chi connectivity index (χ1v) is 7.37. The first kappa shape index (κ1) is 17.6. The molecule has 128 valence electrons. The van der Waals surface area contributed by atoms with Crippen LogP contribution >= 0.6 is 0 Å². The molecule has 1 heterocycles. The highest BCUT2D eigenvalue weighted by molar-refractivity contribution is 5.97. The third kappa shape index (κ3) is 2.87. The summed E-state index contributed by atoms with van der Waals surface area (Å²) in [6.45, 7) is 3.68. The van der Waals surface area contributed by atoms with E-state index >= 15 is 0 Å². The molecule has 0 aliphatic heterocycles. The predicted molar refractivity (Wildman–Crippen MR) is 91.0 cm³/mol. The van der Waals surface area contributed by atoms with Crippen molar-refractivity contribution >= 4 is 5.97 Å². The molecule has 0 unspecified atom stereocenters. The van der Waals surface area contributed by atoms with Crippen LogP contribution in [-0.2, 0) is 11.8 Å². The SMILES string of the molecule is COC(=O)c1c(OC)cc(-c2cn(C)c(=O)c(C)c2C)cc1OC. The predicted octanol–water partition coefficient (Wildman–Crippen LogP) is 2.47. The highest BCUT2D eigenvalue weighted by Crippen LogP contribution is 2.36. The lowest BCUT2D eigenvalue weighted by Crippen LogP contribution is -2.20. The quantitative estimate of drug-likeness (QED) is 0.805. The minimum absolute atomic E-state index is 0.0404. The van der Waals surface area contributed by atoms with Crippen molar-refractivity contribution in [3.63, 3.8) is 0 Å². The second kappa shape index (κ2) is 6.78. The molecule has 24 heavy (non-hydrogen) atoms. The zero-order chi connectivity index (χ0) is 18.0. The molecule has 0 saturated heterocycles. The Bertz CT molecular complexity index is 826. The molecule has 0 bridgehead atoms. The average molecular weight is 331 g/mol. The van der Waals surface area contributed by atoms with Crippen molar-refractivity contribution < 1.29 is 19.0 Å². The van der Waals surface area contributed by atoms with Crippen molar-refractivity contribution in [2.75, 3.05) is 21.3 Å². The van der Waals surface area contributed by atoms with E-state index in [-0.39, 0.29) is 11.1 Å². The van der Waals surface area contributed by atoms with Crippen LogP contribution in [-0.4, -0.2) is 31.9 Å². The molecule has 6 nitrogen and oxygen atoms in total. The van der Waals surface area contributed by atoms with Crippen LogP contribution in [0.15, 0.2) is 23.1 Å². The smallest absolute Gasteiger partial charge is 0.345 e. The zero-order valence-corrected chi connectivity index (χ0v) is 14.7. The van der Waals surface area contributed by atoms with Crippen LogP contribution in [0.1, 0.15) is 21.5 Å². The number of ether oxygens (including phenoxy) is 3. The van der Waals surface area contributed by atoms with E-state index in [1.165, 1.54) is 25.9 Å². The van der Waals surface area contributed by atoms with Crippen molar-refractivity contribution in [1.82, 2.24) is 4.57 Å². The highest BCUT2D eigenvalue weighted by Gasteiger charge is 2.22. The van der Waals surface area contributed by atoms with Gasteiger partial charge in [-0.25, -0.2) is 4.79 Å². The van der Waals surface area contributed by atoms with E-state index in [0.29, 0.717) is 17.1 Å². The van der Waals surface area contributed by atoms with Gasteiger partial charge in [0.15, 0.2) is 0 Å². The molecule has 0 spiro atoms. The molecule has 1 aromatic heterocycles. The summed E-state index contributed by atoms with van der Waals surface area (Å²) in [5.74, 6) is 0.160. The molecule has 0 aliphatic rings. The number of aromatic nitrogens is 1. The van der Waals surface area contributed by atoms with Gasteiger partial charge in [-0.3, -0.25) is 4.79 Å². The Labute approximate surface area is 140 Å². The monoisotopic (exact) mass is 331 g/mol. The first-order valence-electron chi connectivity index (χ1n) is 7.37. The summed E-state index contributed by atoms with van der Waals surface area (Å²) in [5.41, 5.74) is 3.37. The van der Waals surface area contributed by atoms with Crippen molar-refractivity contribution in [2.45, 2.75) is 13.8 Å². The lowest BCUT2D eigenvalue weighted by Gasteiger charge is -2.16. The maximum Gasteiger partial charge on any atom is 0.345 e. The molecule has 6 heteroatoms. The maximum atomic E-state index is 12.1.